The van der Waals surface area contributed by atoms with Gasteiger partial charge < -0.3 is 49.9 Å². The van der Waals surface area contributed by atoms with Gasteiger partial charge in [-0.05, 0) is 12.1 Å². The number of nitrogen functional groups attached to an aromatic ring is 1. The van der Waals surface area contributed by atoms with Crippen LogP contribution in [-0.2, 0) is 31.6 Å². The summed E-state index contributed by atoms with van der Waals surface area (Å²) < 4.78 is 64.6. The van der Waals surface area contributed by atoms with Crippen molar-refractivity contribution < 1.29 is 70.5 Å². The Morgan fingerprint density at radius 2 is 1.64 bits per heavy atom. The lowest BCUT2D eigenvalue weighted by molar-refractivity contribution is -0.117. The fourth-order valence-corrected chi connectivity index (χ4v) is 6.88. The van der Waals surface area contributed by atoms with Crippen LogP contribution >= 0.6 is 23.5 Å². The van der Waals surface area contributed by atoms with Crippen LogP contribution in [0.25, 0.3) is 11.2 Å². The van der Waals surface area contributed by atoms with Crippen LogP contribution in [0.3, 0.4) is 0 Å². The molecule has 6 atom stereocenters. The highest BCUT2D eigenvalue weighted by Crippen LogP contribution is 2.67. The molecule has 1 aromatic carbocycles. The van der Waals surface area contributed by atoms with E-state index in [0.29, 0.717) is 0 Å². The maximum atomic E-state index is 13.2. The van der Waals surface area contributed by atoms with Crippen molar-refractivity contribution in [3.8, 4) is 11.5 Å². The van der Waals surface area contributed by atoms with Gasteiger partial charge >= 0.3 is 23.5 Å². The minimum atomic E-state index is -5.90. The molecule has 0 radical (unpaired) electrons. The standard InChI is InChI=1S/C18H23N6O15P3/c1-34-9-3-8(4-10(5-9)35-2)16(26)23-11-13(25)17(24-7-22-12-14(19)20-6-21-15(12)24)36-18(11)37-41(30,31)39-42(32,33)38-40(27,28)29/h3-7,11,13,17-18,25H,1-2H3,(H,23,26)(H,30,31)(H,32,33)(H2,19,20,21)(H2,27,28,29). The molecule has 24 heteroatoms. The van der Waals surface area contributed by atoms with Gasteiger partial charge in [0.2, 0.25) is 0 Å². The lowest BCUT2D eigenvalue weighted by Gasteiger charge is -2.24. The SMILES string of the molecule is COc1cc(OC)cc(C(=O)NC2C(OP(=O)(O)OP(=O)(O)OP(=O)(O)O)OC(n3cnc4c(N)ncnc43)C2O)c1. The maximum Gasteiger partial charge on any atom is 0.490 e. The minimum Gasteiger partial charge on any atom is -0.497 e. The molecule has 1 aliphatic heterocycles. The number of hydrogen-bond donors (Lipinski definition) is 7. The smallest absolute Gasteiger partial charge is 0.490 e. The van der Waals surface area contributed by atoms with Gasteiger partial charge in [0.1, 0.15) is 35.5 Å². The second-order valence-electron chi connectivity index (χ2n) is 8.27. The van der Waals surface area contributed by atoms with Gasteiger partial charge in [-0.25, -0.2) is 28.6 Å². The number of carbonyl (C=O) groups excluding carboxylic acids is 1. The number of aromatic nitrogens is 4. The van der Waals surface area contributed by atoms with Crippen LogP contribution in [-0.4, -0.2) is 82.8 Å². The van der Waals surface area contributed by atoms with Crippen molar-refractivity contribution in [2.45, 2.75) is 24.7 Å². The third kappa shape index (κ3) is 7.30. The van der Waals surface area contributed by atoms with E-state index in [2.05, 4.69) is 28.9 Å². The number of hydrogen-bond acceptors (Lipinski definition) is 15. The first kappa shape index (κ1) is 31.9. The molecule has 1 fully saturated rings. The highest BCUT2D eigenvalue weighted by Gasteiger charge is 2.51. The number of fused-ring (bicyclic) bond motifs is 1. The molecule has 1 aliphatic rings. The molecule has 4 rings (SSSR count). The molecule has 8 N–H and O–H groups in total. The van der Waals surface area contributed by atoms with E-state index in [9.17, 15) is 33.4 Å². The number of imidazole rings is 1. The van der Waals surface area contributed by atoms with Crippen molar-refractivity contribution in [2.24, 2.45) is 0 Å². The predicted molar refractivity (Wildman–Crippen MR) is 135 cm³/mol. The van der Waals surface area contributed by atoms with Gasteiger partial charge in [-0.1, -0.05) is 0 Å². The van der Waals surface area contributed by atoms with Crippen LogP contribution in [0.5, 0.6) is 11.5 Å². The molecule has 0 aliphatic carbocycles. The molecule has 21 nitrogen and oxygen atoms in total. The van der Waals surface area contributed by atoms with E-state index in [1.165, 1.54) is 32.4 Å². The van der Waals surface area contributed by atoms with E-state index >= 15 is 0 Å². The molecule has 1 amide bonds. The number of nitrogens with zero attached hydrogens (tertiary/aromatic N) is 4. The van der Waals surface area contributed by atoms with Gasteiger partial charge in [-0.15, -0.1) is 0 Å². The number of amides is 1. The van der Waals surface area contributed by atoms with E-state index < -0.39 is 54.0 Å². The summed E-state index contributed by atoms with van der Waals surface area (Å²) in [5.41, 5.74) is 5.85. The Morgan fingerprint density at radius 3 is 2.24 bits per heavy atom. The quantitative estimate of drug-likeness (QED) is 0.131. The maximum absolute atomic E-state index is 13.2. The van der Waals surface area contributed by atoms with Gasteiger partial charge in [0.25, 0.3) is 5.91 Å². The molecule has 1 saturated heterocycles. The number of nitrogens with one attached hydrogen (secondary N) is 1. The molecular weight excluding hydrogens is 633 g/mol. The van der Waals surface area contributed by atoms with E-state index in [0.717, 1.165) is 17.2 Å². The highest BCUT2D eigenvalue weighted by molar-refractivity contribution is 7.66. The topological polar surface area (TPSA) is 306 Å². The summed E-state index contributed by atoms with van der Waals surface area (Å²) in [6.07, 6.45) is -3.26. The monoisotopic (exact) mass is 656 g/mol. The van der Waals surface area contributed by atoms with Crippen LogP contribution in [0.1, 0.15) is 16.6 Å². The molecule has 0 saturated carbocycles. The van der Waals surface area contributed by atoms with E-state index in [4.69, 9.17) is 34.3 Å². The fourth-order valence-electron chi connectivity index (χ4n) is 3.77. The lowest BCUT2D eigenvalue weighted by Crippen LogP contribution is -2.47. The number of benzene rings is 1. The summed E-state index contributed by atoms with van der Waals surface area (Å²) in [5.74, 6) is -0.504. The zero-order valence-corrected chi connectivity index (χ0v) is 23.9. The number of carbonyl (C=O) groups is 1. The van der Waals surface area contributed by atoms with Crippen LogP contribution in [0.2, 0.25) is 0 Å². The van der Waals surface area contributed by atoms with E-state index in [-0.39, 0.29) is 34.0 Å². The Bertz CT molecular complexity index is 1610. The minimum absolute atomic E-state index is 0.0344. The molecule has 0 bridgehead atoms. The largest absolute Gasteiger partial charge is 0.497 e. The summed E-state index contributed by atoms with van der Waals surface area (Å²) in [6, 6.07) is 2.35. The third-order valence-electron chi connectivity index (χ3n) is 5.45. The first-order valence-electron chi connectivity index (χ1n) is 11.1. The van der Waals surface area contributed by atoms with Crippen LogP contribution in [0.15, 0.2) is 30.9 Å². The van der Waals surface area contributed by atoms with Crippen molar-refractivity contribution in [3.63, 3.8) is 0 Å². The Kier molecular flexibility index (Phi) is 9.06. The number of methoxy groups -OCH3 is 2. The number of aliphatic hydroxyl groups is 1. The first-order chi connectivity index (χ1) is 19.5. The molecule has 230 valence electrons. The van der Waals surface area contributed by atoms with E-state index in [1.54, 1.807) is 0 Å². The highest BCUT2D eigenvalue weighted by atomic mass is 31.3. The molecule has 0 spiro atoms. The van der Waals surface area contributed by atoms with Crippen molar-refractivity contribution in [2.75, 3.05) is 20.0 Å². The van der Waals surface area contributed by atoms with Gasteiger partial charge in [0.15, 0.2) is 24.0 Å². The Morgan fingerprint density at radius 1 is 1.00 bits per heavy atom. The third-order valence-corrected chi connectivity index (χ3v) is 9.25. The van der Waals surface area contributed by atoms with Crippen LogP contribution in [0, 0.1) is 0 Å². The Balaban J connectivity index is 1.67. The van der Waals surface area contributed by atoms with Crippen LogP contribution < -0.4 is 20.5 Å². The normalized spacial score (nSPS) is 23.7. The Labute approximate surface area is 234 Å². The average molecular weight is 656 g/mol. The molecule has 3 aromatic rings. The first-order valence-corrected chi connectivity index (χ1v) is 15.7. The molecule has 6 unspecified atom stereocenters. The predicted octanol–water partition coefficient (Wildman–Crippen LogP) is -0.217. The zero-order chi connectivity index (χ0) is 31.0. The van der Waals surface area contributed by atoms with Gasteiger partial charge in [0.05, 0.1) is 20.5 Å². The lowest BCUT2D eigenvalue weighted by atomic mass is 10.1. The van der Waals surface area contributed by atoms with Crippen LogP contribution in [0.4, 0.5) is 5.82 Å². The summed E-state index contributed by atoms with van der Waals surface area (Å²) in [7, 11) is -14.7. The van der Waals surface area contributed by atoms with Gasteiger partial charge in [0, 0.05) is 11.6 Å². The number of phosphoric acid groups is 3. The van der Waals surface area contributed by atoms with E-state index in [1.807, 2.05) is 0 Å². The second-order valence-corrected chi connectivity index (χ2v) is 12.6. The Hall–Kier alpha value is -3.03. The number of anilines is 1. The summed E-state index contributed by atoms with van der Waals surface area (Å²) >= 11 is 0. The average Bonchev–Trinajstić information content (AvgIpc) is 3.43. The number of ether oxygens (including phenoxy) is 3. The van der Waals surface area contributed by atoms with Gasteiger partial charge in [-0.2, -0.15) is 8.62 Å². The fraction of sp³-hybridized carbons (Fsp3) is 0.333. The van der Waals surface area contributed by atoms with Gasteiger partial charge in [-0.3, -0.25) is 13.9 Å². The van der Waals surface area contributed by atoms with Crippen molar-refractivity contribution in [1.82, 2.24) is 24.8 Å². The summed E-state index contributed by atoms with van der Waals surface area (Å²) in [4.78, 5) is 62.1. The van der Waals surface area contributed by atoms with Crippen molar-refractivity contribution in [3.05, 3.63) is 36.4 Å². The second kappa shape index (κ2) is 11.9. The number of aliphatic hydroxyl groups excluding tert-OH is 1. The summed E-state index contributed by atoms with van der Waals surface area (Å²) in [5, 5.41) is 13.5. The summed E-state index contributed by atoms with van der Waals surface area (Å²) in [6.45, 7) is 0. The zero-order valence-electron chi connectivity index (χ0n) is 21.2. The number of rotatable bonds is 11. The number of phosphoric ester groups is 1. The van der Waals surface area contributed by atoms with Crippen molar-refractivity contribution in [1.29, 1.82) is 0 Å². The number of nitrogens with two attached hydrogens (primary N) is 1. The molecule has 3 heterocycles. The molecule has 42 heavy (non-hydrogen) atoms. The molecular formula is C18H23N6O15P3. The molecule has 2 aromatic heterocycles. The van der Waals surface area contributed by atoms with Crippen molar-refractivity contribution >= 4 is 46.4 Å².